The lowest BCUT2D eigenvalue weighted by Crippen LogP contribution is -2.70. The predicted molar refractivity (Wildman–Crippen MR) is 177 cm³/mol. The van der Waals surface area contributed by atoms with Crippen LogP contribution in [0.5, 0.6) is 0 Å². The van der Waals surface area contributed by atoms with Gasteiger partial charge in [0.05, 0.1) is 0 Å². The standard InChI is InChI=1S/C36H39B2N2/c1-25-23-33-29(27-15-9-7-10-16-27)19-13-21-31(33)35(25)37-38(39(3)4,40(5)6)36-26(2)24-34-30(20-14-22-32(34)36)28-17-11-8-12-18-28/h7-24,35-37H,1-6H3/q-1. The van der Waals surface area contributed by atoms with Gasteiger partial charge in [0.15, 0.2) is 0 Å². The molecule has 4 heteroatoms. The van der Waals surface area contributed by atoms with Crippen molar-refractivity contribution in [3.8, 4) is 22.3 Å². The Bertz CT molecular complexity index is 1590. The van der Waals surface area contributed by atoms with Crippen LogP contribution in [0.2, 0.25) is 0 Å². The smallest absolute Gasteiger partial charge is 0.108 e. The summed E-state index contributed by atoms with van der Waals surface area (Å²) in [6, 6.07) is 35.5. The maximum Gasteiger partial charge on any atom is 0.108 e. The zero-order valence-corrected chi connectivity index (χ0v) is 24.7. The van der Waals surface area contributed by atoms with E-state index < -0.39 is 6.31 Å². The van der Waals surface area contributed by atoms with Crippen LogP contribution in [0, 0.1) is 0 Å². The van der Waals surface area contributed by atoms with Crippen LogP contribution < -0.4 is 0 Å². The molecule has 2 aliphatic rings. The highest BCUT2D eigenvalue weighted by atomic mass is 15.2. The van der Waals surface area contributed by atoms with Gasteiger partial charge in [-0.25, -0.2) is 0 Å². The van der Waals surface area contributed by atoms with Crippen molar-refractivity contribution in [3.05, 3.63) is 130 Å². The first kappa shape index (κ1) is 26.6. The molecule has 0 spiro atoms. The van der Waals surface area contributed by atoms with E-state index in [0.717, 1.165) is 7.17 Å². The molecule has 0 fully saturated rings. The van der Waals surface area contributed by atoms with E-state index in [-0.39, 0.29) is 0 Å². The van der Waals surface area contributed by atoms with Gasteiger partial charge < -0.3 is 9.62 Å². The first-order valence-electron chi connectivity index (χ1n) is 14.6. The zero-order valence-electron chi connectivity index (χ0n) is 24.7. The summed E-state index contributed by atoms with van der Waals surface area (Å²) in [5, 5.41) is 0. The van der Waals surface area contributed by atoms with E-state index >= 15 is 0 Å². The summed E-state index contributed by atoms with van der Waals surface area (Å²) in [6.45, 7) is 4.69. The number of benzene rings is 4. The summed E-state index contributed by atoms with van der Waals surface area (Å²) in [5.74, 6) is 0.690. The van der Waals surface area contributed by atoms with Crippen LogP contribution >= 0.6 is 0 Å². The Labute approximate surface area is 241 Å². The van der Waals surface area contributed by atoms with E-state index in [9.17, 15) is 0 Å². The lowest BCUT2D eigenvalue weighted by atomic mass is 9.08. The Morgan fingerprint density at radius 3 is 1.55 bits per heavy atom. The van der Waals surface area contributed by atoms with Gasteiger partial charge in [0.1, 0.15) is 6.31 Å². The molecule has 0 aliphatic heterocycles. The average Bonchev–Trinajstić information content (AvgIpc) is 3.47. The third kappa shape index (κ3) is 4.22. The third-order valence-corrected chi connectivity index (χ3v) is 9.85. The van der Waals surface area contributed by atoms with Crippen LogP contribution in [0.15, 0.2) is 108 Å². The molecule has 4 aromatic rings. The second kappa shape index (κ2) is 10.4. The number of hydrogen-bond donors (Lipinski definition) is 0. The molecular formula is C36H39B2N2-. The first-order valence-corrected chi connectivity index (χ1v) is 14.6. The highest BCUT2D eigenvalue weighted by Gasteiger charge is 2.45. The third-order valence-electron chi connectivity index (χ3n) is 9.85. The normalized spacial score (nSPS) is 18.0. The van der Waals surface area contributed by atoms with Gasteiger partial charge in [-0.1, -0.05) is 166 Å². The van der Waals surface area contributed by atoms with Crippen LogP contribution in [-0.2, 0) is 0 Å². The quantitative estimate of drug-likeness (QED) is 0.230. The number of nitrogens with zero attached hydrogens (tertiary/aromatic N) is 2. The summed E-state index contributed by atoms with van der Waals surface area (Å²) in [4.78, 5) is 5.08. The van der Waals surface area contributed by atoms with Crippen LogP contribution in [0.25, 0.3) is 34.4 Å². The van der Waals surface area contributed by atoms with Crippen molar-refractivity contribution in [1.29, 1.82) is 0 Å². The fraction of sp³-hybridized carbons (Fsp3) is 0.222. The molecule has 40 heavy (non-hydrogen) atoms. The fourth-order valence-electron chi connectivity index (χ4n) is 7.92. The topological polar surface area (TPSA) is 6.48 Å². The van der Waals surface area contributed by atoms with Crippen molar-refractivity contribution in [1.82, 2.24) is 9.62 Å². The Morgan fingerprint density at radius 1 is 0.550 bits per heavy atom. The highest BCUT2D eigenvalue weighted by Crippen LogP contribution is 2.49. The van der Waals surface area contributed by atoms with E-state index in [4.69, 9.17) is 0 Å². The van der Waals surface area contributed by atoms with Crippen LogP contribution in [0.1, 0.15) is 47.7 Å². The zero-order chi connectivity index (χ0) is 28.0. The van der Waals surface area contributed by atoms with E-state index in [0.29, 0.717) is 11.6 Å². The molecule has 0 radical (unpaired) electrons. The summed E-state index contributed by atoms with van der Waals surface area (Å²) in [7, 11) is 10.2. The van der Waals surface area contributed by atoms with Gasteiger partial charge in [-0.2, -0.15) is 0 Å². The van der Waals surface area contributed by atoms with E-state index in [1.165, 1.54) is 55.7 Å². The second-order valence-corrected chi connectivity index (χ2v) is 12.3. The largest absolute Gasteiger partial charge is 0.471 e. The maximum absolute atomic E-state index is 2.54. The SMILES string of the molecule is CC1=Cc2c(-c3ccccc3)cccc2C1B[B-](C1C(C)=Cc2c(-c3ccccc3)cccc21)(N(C)C)N(C)C. The minimum Gasteiger partial charge on any atom is -0.471 e. The summed E-state index contributed by atoms with van der Waals surface area (Å²) in [5.41, 5.74) is 13.9. The molecule has 2 aliphatic carbocycles. The van der Waals surface area contributed by atoms with Crippen LogP contribution in [-0.4, -0.2) is 51.3 Å². The Morgan fingerprint density at radius 2 is 1.02 bits per heavy atom. The van der Waals surface area contributed by atoms with E-state index in [2.05, 4.69) is 161 Å². The summed E-state index contributed by atoms with van der Waals surface area (Å²) in [6.07, 6.45) is 3.77. The van der Waals surface area contributed by atoms with Gasteiger partial charge >= 0.3 is 0 Å². The Hall–Kier alpha value is -3.59. The van der Waals surface area contributed by atoms with Crippen molar-refractivity contribution in [3.63, 3.8) is 0 Å². The van der Waals surface area contributed by atoms with Crippen molar-refractivity contribution >= 4 is 25.6 Å². The molecule has 0 bridgehead atoms. The van der Waals surface area contributed by atoms with Crippen molar-refractivity contribution in [2.24, 2.45) is 0 Å². The molecule has 2 atom stereocenters. The number of hydrogen-bond acceptors (Lipinski definition) is 2. The number of fused-ring (bicyclic) bond motifs is 2. The average molecular weight is 521 g/mol. The molecule has 0 saturated heterocycles. The monoisotopic (exact) mass is 521 g/mol. The van der Waals surface area contributed by atoms with Gasteiger partial charge in [-0.05, 0) is 52.8 Å². The first-order chi connectivity index (χ1) is 19.3. The summed E-state index contributed by atoms with van der Waals surface area (Å²) < 4.78 is 0. The maximum atomic E-state index is 2.54. The molecule has 0 aromatic heterocycles. The molecule has 0 saturated carbocycles. The molecule has 0 heterocycles. The number of allylic oxidation sites excluding steroid dienone is 2. The Balaban J connectivity index is 1.46. The summed E-state index contributed by atoms with van der Waals surface area (Å²) >= 11 is 0. The van der Waals surface area contributed by atoms with Crippen molar-refractivity contribution in [2.45, 2.75) is 25.5 Å². The minimum atomic E-state index is -1.14. The molecular weight excluding hydrogens is 482 g/mol. The molecule has 0 amide bonds. The molecule has 4 aromatic carbocycles. The van der Waals surface area contributed by atoms with Gasteiger partial charge in [0, 0.05) is 7.17 Å². The molecule has 2 unspecified atom stereocenters. The van der Waals surface area contributed by atoms with Gasteiger partial charge in [0.25, 0.3) is 0 Å². The molecule has 6 rings (SSSR count). The van der Waals surface area contributed by atoms with Crippen LogP contribution in [0.4, 0.5) is 0 Å². The van der Waals surface area contributed by atoms with Gasteiger partial charge in [-0.15, -0.1) is 0 Å². The van der Waals surface area contributed by atoms with Crippen LogP contribution in [0.3, 0.4) is 0 Å². The minimum absolute atomic E-state index is 0.317. The molecule has 0 N–H and O–H groups in total. The molecule has 200 valence electrons. The molecule has 2 nitrogen and oxygen atoms in total. The van der Waals surface area contributed by atoms with E-state index in [1.54, 1.807) is 0 Å². The Kier molecular flexibility index (Phi) is 6.94. The number of rotatable bonds is 7. The van der Waals surface area contributed by atoms with Crippen molar-refractivity contribution in [2.75, 3.05) is 28.2 Å². The van der Waals surface area contributed by atoms with Gasteiger partial charge in [-0.3, -0.25) is 0 Å². The lowest BCUT2D eigenvalue weighted by Gasteiger charge is -2.59. The van der Waals surface area contributed by atoms with Crippen molar-refractivity contribution < 1.29 is 0 Å². The predicted octanol–water partition coefficient (Wildman–Crippen LogP) is 7.72. The fourth-order valence-corrected chi connectivity index (χ4v) is 7.92. The second-order valence-electron chi connectivity index (χ2n) is 12.3. The van der Waals surface area contributed by atoms with E-state index in [1.807, 2.05) is 0 Å². The highest BCUT2D eigenvalue weighted by molar-refractivity contribution is 7.23. The van der Waals surface area contributed by atoms with Gasteiger partial charge in [0.2, 0.25) is 0 Å². The lowest BCUT2D eigenvalue weighted by molar-refractivity contribution is 0.489.